The van der Waals surface area contributed by atoms with E-state index in [2.05, 4.69) is 28.1 Å². The zero-order chi connectivity index (χ0) is 30.5. The van der Waals surface area contributed by atoms with Crippen LogP contribution in [0.1, 0.15) is 6.23 Å². The van der Waals surface area contributed by atoms with E-state index in [1.54, 1.807) is 0 Å². The minimum Gasteiger partial charge on any atom is -0.394 e. The quantitative estimate of drug-likeness (QED) is 0.103. The fourth-order valence-electron chi connectivity index (χ4n) is 3.96. The third-order valence-corrected chi connectivity index (χ3v) is 9.45. The van der Waals surface area contributed by atoms with Crippen LogP contribution in [0.15, 0.2) is 11.1 Å². The fourth-order valence-corrected chi connectivity index (χ4v) is 6.99. The number of hydrogen-bond acceptors (Lipinski definition) is 17. The number of anilines is 1. The Bertz CT molecular complexity index is 1460. The SMILES string of the molecule is Nc1nc2c(ncn2[C@@H]2O[C@H](COP(=O)(O)OP(=O)(O)OP(=O)(O)O)[C@@H](O)[C@H]2OC2O[C@H](CO)[C@@H](O)[C@H]2O)c(=O)[nH]1. The Morgan fingerprint density at radius 3 is 2.29 bits per heavy atom. The standard InChI is InChI=1S/C15H24N5O18P3/c16-15-18-11-6(12(25)19-15)17-3-20(11)13-10(36-14-9(24)7(22)4(1-21)35-14)8(23)5(34-13)2-33-40(29,30)38-41(31,32)37-39(26,27)28/h3-5,7-10,13-14,21-24H,1-2H2,(H,29,30)(H,31,32)(H2,26,27,28)(H3,16,18,19,25)/t4-,5-,7-,8-,9-,10-,13-,14?/m1/s1. The van der Waals surface area contributed by atoms with Gasteiger partial charge in [0.05, 0.1) is 19.5 Å². The second-order valence-corrected chi connectivity index (χ2v) is 12.9. The van der Waals surface area contributed by atoms with Gasteiger partial charge in [0.2, 0.25) is 5.95 Å². The highest BCUT2D eigenvalue weighted by atomic mass is 31.3. The van der Waals surface area contributed by atoms with Crippen LogP contribution in [0.4, 0.5) is 5.95 Å². The molecule has 0 aromatic carbocycles. The number of aromatic nitrogens is 4. The molecule has 3 unspecified atom stereocenters. The molecule has 0 aliphatic carbocycles. The number of aliphatic hydroxyl groups is 4. The third kappa shape index (κ3) is 7.26. The molecule has 0 bridgehead atoms. The van der Waals surface area contributed by atoms with Crippen molar-refractivity contribution in [1.82, 2.24) is 19.5 Å². The molecular formula is C15H24N5O18P3. The average Bonchev–Trinajstić information content (AvgIpc) is 3.46. The number of nitrogens with two attached hydrogens (primary N) is 1. The number of imidazole rings is 1. The summed E-state index contributed by atoms with van der Waals surface area (Å²) >= 11 is 0. The predicted octanol–water partition coefficient (Wildman–Crippen LogP) is -3.87. The summed E-state index contributed by atoms with van der Waals surface area (Å²) in [5.74, 6) is -0.340. The first-order chi connectivity index (χ1) is 18.9. The van der Waals surface area contributed by atoms with E-state index < -0.39 is 91.4 Å². The van der Waals surface area contributed by atoms with Gasteiger partial charge in [0.25, 0.3) is 5.56 Å². The summed E-state index contributed by atoms with van der Waals surface area (Å²) in [5.41, 5.74) is 4.41. The molecule has 2 aliphatic heterocycles. The van der Waals surface area contributed by atoms with Crippen LogP contribution in [-0.2, 0) is 41.1 Å². The van der Waals surface area contributed by atoms with Crippen LogP contribution in [0.5, 0.6) is 0 Å². The molecule has 11 N–H and O–H groups in total. The lowest BCUT2D eigenvalue weighted by Crippen LogP contribution is -2.42. The Morgan fingerprint density at radius 2 is 1.68 bits per heavy atom. The molecule has 10 atom stereocenters. The van der Waals surface area contributed by atoms with Crippen LogP contribution in [0.2, 0.25) is 0 Å². The van der Waals surface area contributed by atoms with E-state index >= 15 is 0 Å². The van der Waals surface area contributed by atoms with Gasteiger partial charge < -0.3 is 59.9 Å². The summed E-state index contributed by atoms with van der Waals surface area (Å²) < 4.78 is 63.9. The van der Waals surface area contributed by atoms with Gasteiger partial charge in [-0.1, -0.05) is 0 Å². The summed E-state index contributed by atoms with van der Waals surface area (Å²) in [6, 6.07) is 0. The van der Waals surface area contributed by atoms with Crippen LogP contribution in [-0.4, -0.2) is 116 Å². The monoisotopic (exact) mass is 655 g/mol. The van der Waals surface area contributed by atoms with Crippen molar-refractivity contribution >= 4 is 40.6 Å². The maximum atomic E-state index is 12.2. The van der Waals surface area contributed by atoms with Crippen LogP contribution in [0.25, 0.3) is 11.2 Å². The summed E-state index contributed by atoms with van der Waals surface area (Å²) in [6.45, 7) is -1.83. The lowest BCUT2D eigenvalue weighted by Gasteiger charge is -2.26. The number of ether oxygens (including phenoxy) is 3. The van der Waals surface area contributed by atoms with Crippen molar-refractivity contribution in [3.63, 3.8) is 0 Å². The van der Waals surface area contributed by atoms with E-state index in [4.69, 9.17) is 29.7 Å². The van der Waals surface area contributed by atoms with Crippen molar-refractivity contribution < 1.29 is 81.1 Å². The minimum absolute atomic E-state index is 0.188. The molecule has 0 spiro atoms. The van der Waals surface area contributed by atoms with Crippen molar-refractivity contribution in [2.45, 2.75) is 49.1 Å². The third-order valence-electron chi connectivity index (χ3n) is 5.65. The Morgan fingerprint density at radius 1 is 1.00 bits per heavy atom. The Labute approximate surface area is 226 Å². The number of aromatic amines is 1. The maximum absolute atomic E-state index is 12.2. The number of hydrogen-bond donors (Lipinski definition) is 10. The summed E-state index contributed by atoms with van der Waals surface area (Å²) in [7, 11) is -17.1. The van der Waals surface area contributed by atoms with Gasteiger partial charge in [0, 0.05) is 0 Å². The minimum atomic E-state index is -5.84. The molecule has 2 aromatic rings. The number of phosphoric acid groups is 3. The highest BCUT2D eigenvalue weighted by molar-refractivity contribution is 7.66. The van der Waals surface area contributed by atoms with E-state index in [9.17, 15) is 48.7 Å². The largest absolute Gasteiger partial charge is 0.490 e. The molecule has 2 fully saturated rings. The summed E-state index contributed by atoms with van der Waals surface area (Å²) in [5, 5.41) is 40.6. The fraction of sp³-hybridized carbons (Fsp3) is 0.667. The van der Waals surface area contributed by atoms with Crippen LogP contribution in [0.3, 0.4) is 0 Å². The molecule has 0 amide bonds. The van der Waals surface area contributed by atoms with Crippen LogP contribution < -0.4 is 11.3 Å². The zero-order valence-electron chi connectivity index (χ0n) is 20.0. The second kappa shape index (κ2) is 11.8. The molecule has 0 saturated carbocycles. The van der Waals surface area contributed by atoms with Crippen LogP contribution >= 0.6 is 23.5 Å². The maximum Gasteiger partial charge on any atom is 0.490 e. The second-order valence-electron chi connectivity index (χ2n) is 8.53. The average molecular weight is 655 g/mol. The molecule has 2 aromatic heterocycles. The Kier molecular flexibility index (Phi) is 9.23. The molecular weight excluding hydrogens is 631 g/mol. The lowest BCUT2D eigenvalue weighted by molar-refractivity contribution is -0.219. The molecule has 2 aliphatic rings. The molecule has 0 radical (unpaired) electrons. The zero-order valence-corrected chi connectivity index (χ0v) is 22.7. The summed E-state index contributed by atoms with van der Waals surface area (Å²) in [4.78, 5) is 58.6. The van der Waals surface area contributed by atoms with Crippen LogP contribution in [0, 0.1) is 0 Å². The van der Waals surface area contributed by atoms with E-state index in [0.717, 1.165) is 10.9 Å². The normalized spacial score (nSPS) is 33.7. The lowest BCUT2D eigenvalue weighted by atomic mass is 10.1. The molecule has 26 heteroatoms. The predicted molar refractivity (Wildman–Crippen MR) is 125 cm³/mol. The van der Waals surface area contributed by atoms with E-state index in [0.29, 0.717) is 0 Å². The molecule has 41 heavy (non-hydrogen) atoms. The van der Waals surface area contributed by atoms with E-state index in [1.807, 2.05) is 0 Å². The summed E-state index contributed by atoms with van der Waals surface area (Å²) in [6.07, 6.45) is -11.9. The Balaban J connectivity index is 1.59. The van der Waals surface area contributed by atoms with Gasteiger partial charge in [-0.15, -0.1) is 0 Å². The number of nitrogens with one attached hydrogen (secondary N) is 1. The van der Waals surface area contributed by atoms with Crippen molar-refractivity contribution in [1.29, 1.82) is 0 Å². The van der Waals surface area contributed by atoms with Crippen molar-refractivity contribution in [2.75, 3.05) is 18.9 Å². The van der Waals surface area contributed by atoms with Gasteiger partial charge in [0.1, 0.15) is 36.6 Å². The first-order valence-corrected chi connectivity index (χ1v) is 15.6. The number of phosphoric ester groups is 1. The van der Waals surface area contributed by atoms with Gasteiger partial charge in [-0.3, -0.25) is 18.9 Å². The Hall–Kier alpha value is -1.72. The van der Waals surface area contributed by atoms with Gasteiger partial charge in [-0.25, -0.2) is 18.7 Å². The van der Waals surface area contributed by atoms with Crippen molar-refractivity contribution in [3.05, 3.63) is 16.7 Å². The number of nitrogens with zero attached hydrogens (tertiary/aromatic N) is 3. The number of aliphatic hydroxyl groups excluding tert-OH is 4. The van der Waals surface area contributed by atoms with Gasteiger partial charge in [-0.05, 0) is 0 Å². The topological polar surface area (TPSA) is 358 Å². The molecule has 23 nitrogen and oxygen atoms in total. The van der Waals surface area contributed by atoms with Crippen molar-refractivity contribution in [3.8, 4) is 0 Å². The number of nitrogen functional groups attached to an aromatic ring is 1. The van der Waals surface area contributed by atoms with Crippen molar-refractivity contribution in [2.24, 2.45) is 0 Å². The van der Waals surface area contributed by atoms with Gasteiger partial charge in [-0.2, -0.15) is 13.6 Å². The van der Waals surface area contributed by atoms with Gasteiger partial charge in [0.15, 0.2) is 23.7 Å². The molecule has 2 saturated heterocycles. The smallest absolute Gasteiger partial charge is 0.394 e. The highest BCUT2D eigenvalue weighted by Gasteiger charge is 2.52. The highest BCUT2D eigenvalue weighted by Crippen LogP contribution is 2.66. The number of rotatable bonds is 11. The van der Waals surface area contributed by atoms with Gasteiger partial charge >= 0.3 is 23.5 Å². The number of H-pyrrole nitrogens is 1. The van der Waals surface area contributed by atoms with E-state index in [1.165, 1.54) is 0 Å². The molecule has 4 heterocycles. The first-order valence-electron chi connectivity index (χ1n) is 11.0. The molecule has 232 valence electrons. The first kappa shape index (κ1) is 32.2. The molecule has 4 rings (SSSR count). The number of fused-ring (bicyclic) bond motifs is 1. The van der Waals surface area contributed by atoms with E-state index in [-0.39, 0.29) is 17.1 Å².